The van der Waals surface area contributed by atoms with Gasteiger partial charge >= 0.3 is 0 Å². The summed E-state index contributed by atoms with van der Waals surface area (Å²) in [6.45, 7) is 6.08. The lowest BCUT2D eigenvalue weighted by Gasteiger charge is -2.32. The number of halogens is 2. The van der Waals surface area contributed by atoms with Crippen LogP contribution in [-0.2, 0) is 26.2 Å². The first kappa shape index (κ1) is 29.6. The first-order valence-corrected chi connectivity index (χ1v) is 14.0. The molecule has 8 nitrogen and oxygen atoms in total. The van der Waals surface area contributed by atoms with Crippen molar-refractivity contribution in [2.45, 2.75) is 52.7 Å². The lowest BCUT2D eigenvalue weighted by Crippen LogP contribution is -2.52. The predicted octanol–water partition coefficient (Wildman–Crippen LogP) is 4.29. The Balaban J connectivity index is 2.46. The number of rotatable bonds is 11. The molecule has 1 N–H and O–H groups in total. The maximum atomic E-state index is 13.6. The van der Waals surface area contributed by atoms with Crippen LogP contribution in [0.1, 0.15) is 50.0 Å². The molecule has 0 fully saturated rings. The molecule has 11 heteroatoms. The third kappa shape index (κ3) is 7.94. The van der Waals surface area contributed by atoms with E-state index in [0.717, 1.165) is 10.6 Å². The highest BCUT2D eigenvalue weighted by molar-refractivity contribution is 7.92. The summed E-state index contributed by atoms with van der Waals surface area (Å²) in [5.41, 5.74) is 1.02. The van der Waals surface area contributed by atoms with E-state index in [2.05, 4.69) is 5.32 Å². The Kier molecular flexibility index (Phi) is 10.3. The van der Waals surface area contributed by atoms with E-state index in [4.69, 9.17) is 23.2 Å². The van der Waals surface area contributed by atoms with Gasteiger partial charge in [0.1, 0.15) is 12.6 Å². The molecule has 0 saturated carbocycles. The number of hydrogen-bond donors (Lipinski definition) is 1. The van der Waals surface area contributed by atoms with E-state index in [1.165, 1.54) is 30.0 Å². The molecule has 0 saturated heterocycles. The average Bonchev–Trinajstić information content (AvgIpc) is 2.80. The largest absolute Gasteiger partial charge is 0.352 e. The number of Topliss-reactive ketones (excluding diaryl/α,β-unsaturated/α-hetero) is 1. The number of anilines is 1. The van der Waals surface area contributed by atoms with Gasteiger partial charge in [0.25, 0.3) is 0 Å². The van der Waals surface area contributed by atoms with Crippen molar-refractivity contribution in [3.8, 4) is 0 Å². The fraction of sp³-hybridized carbons (Fsp3) is 0.400. The maximum absolute atomic E-state index is 13.6. The molecule has 0 unspecified atom stereocenters. The quantitative estimate of drug-likeness (QED) is 0.416. The molecule has 0 aliphatic carbocycles. The Bertz CT molecular complexity index is 1240. The maximum Gasteiger partial charge on any atom is 0.244 e. The van der Waals surface area contributed by atoms with Crippen LogP contribution >= 0.6 is 23.2 Å². The molecule has 0 heterocycles. The van der Waals surface area contributed by atoms with Crippen molar-refractivity contribution in [2.75, 3.05) is 17.1 Å². The third-order valence-corrected chi connectivity index (χ3v) is 7.47. The van der Waals surface area contributed by atoms with Crippen LogP contribution in [0, 0.1) is 0 Å². The monoisotopic (exact) mass is 555 g/mol. The fourth-order valence-electron chi connectivity index (χ4n) is 3.38. The van der Waals surface area contributed by atoms with Crippen LogP contribution in [0.2, 0.25) is 10.0 Å². The van der Waals surface area contributed by atoms with E-state index >= 15 is 0 Å². The second-order valence-corrected chi connectivity index (χ2v) is 11.4. The highest BCUT2D eigenvalue weighted by Gasteiger charge is 2.31. The minimum absolute atomic E-state index is 0.0466. The van der Waals surface area contributed by atoms with Gasteiger partial charge in [0.2, 0.25) is 21.8 Å². The van der Waals surface area contributed by atoms with Gasteiger partial charge in [-0.15, -0.1) is 0 Å². The van der Waals surface area contributed by atoms with Gasteiger partial charge in [-0.25, -0.2) is 8.42 Å². The van der Waals surface area contributed by atoms with Crippen molar-refractivity contribution >= 4 is 56.5 Å². The van der Waals surface area contributed by atoms with Crippen molar-refractivity contribution in [3.05, 3.63) is 63.6 Å². The van der Waals surface area contributed by atoms with E-state index < -0.39 is 28.5 Å². The topological polar surface area (TPSA) is 104 Å². The molecule has 2 atom stereocenters. The number of amides is 2. The van der Waals surface area contributed by atoms with Gasteiger partial charge in [-0.05, 0) is 57.0 Å². The highest BCUT2D eigenvalue weighted by Crippen LogP contribution is 2.25. The molecule has 2 amide bonds. The van der Waals surface area contributed by atoms with Crippen LogP contribution in [0.25, 0.3) is 0 Å². The average molecular weight is 557 g/mol. The summed E-state index contributed by atoms with van der Waals surface area (Å²) in [5, 5.41) is 3.58. The summed E-state index contributed by atoms with van der Waals surface area (Å²) in [4.78, 5) is 39.6. The van der Waals surface area contributed by atoms with E-state index in [9.17, 15) is 22.8 Å². The molecular formula is C25H31Cl2N3O5S. The summed E-state index contributed by atoms with van der Waals surface area (Å²) in [6.07, 6.45) is 1.67. The first-order chi connectivity index (χ1) is 16.7. The number of nitrogens with one attached hydrogen (secondary N) is 1. The molecule has 2 aromatic rings. The standard InChI is InChI=1S/C25H31Cl2N3O5S/c1-6-16(2)28-25(33)17(3)29(14-20-10-11-21(26)13-23(20)27)24(32)15-30(36(5,34)35)22-9-7-8-19(12-22)18(4)31/h7-13,16-17H,6,14-15H2,1-5H3,(H,28,33)/t16-,17+/m0/s1. The van der Waals surface area contributed by atoms with Crippen LogP contribution in [0.5, 0.6) is 0 Å². The highest BCUT2D eigenvalue weighted by atomic mass is 35.5. The molecule has 0 radical (unpaired) electrons. The lowest BCUT2D eigenvalue weighted by atomic mass is 10.1. The molecule has 196 valence electrons. The van der Waals surface area contributed by atoms with Gasteiger partial charge in [-0.3, -0.25) is 18.7 Å². The fourth-order valence-corrected chi connectivity index (χ4v) is 4.69. The normalized spacial score (nSPS) is 13.0. The Morgan fingerprint density at radius 2 is 1.72 bits per heavy atom. The van der Waals surface area contributed by atoms with E-state index in [1.807, 2.05) is 13.8 Å². The lowest BCUT2D eigenvalue weighted by molar-refractivity contribution is -0.139. The smallest absolute Gasteiger partial charge is 0.244 e. The van der Waals surface area contributed by atoms with Gasteiger partial charge in [0.15, 0.2) is 5.78 Å². The van der Waals surface area contributed by atoms with Crippen LogP contribution in [0.15, 0.2) is 42.5 Å². The number of nitrogens with zero attached hydrogens (tertiary/aromatic N) is 2. The zero-order valence-electron chi connectivity index (χ0n) is 20.9. The Morgan fingerprint density at radius 1 is 1.06 bits per heavy atom. The summed E-state index contributed by atoms with van der Waals surface area (Å²) >= 11 is 12.3. The number of ketones is 1. The minimum Gasteiger partial charge on any atom is -0.352 e. The van der Waals surface area contributed by atoms with Gasteiger partial charge in [0, 0.05) is 28.2 Å². The van der Waals surface area contributed by atoms with E-state index in [0.29, 0.717) is 27.6 Å². The number of sulfonamides is 1. The van der Waals surface area contributed by atoms with E-state index in [1.54, 1.807) is 31.2 Å². The van der Waals surface area contributed by atoms with Crippen molar-refractivity contribution in [1.82, 2.24) is 10.2 Å². The van der Waals surface area contributed by atoms with Gasteiger partial charge in [0.05, 0.1) is 11.9 Å². The SMILES string of the molecule is CC[C@H](C)NC(=O)[C@@H](C)N(Cc1ccc(Cl)cc1Cl)C(=O)CN(c1cccc(C(C)=O)c1)S(C)(=O)=O. The van der Waals surface area contributed by atoms with Crippen LogP contribution < -0.4 is 9.62 Å². The molecule has 0 aromatic heterocycles. The Morgan fingerprint density at radius 3 is 2.28 bits per heavy atom. The second kappa shape index (κ2) is 12.6. The van der Waals surface area contributed by atoms with Crippen LogP contribution in [-0.4, -0.2) is 55.8 Å². The molecular weight excluding hydrogens is 525 g/mol. The van der Waals surface area contributed by atoms with Crippen LogP contribution in [0.4, 0.5) is 5.69 Å². The summed E-state index contributed by atoms with van der Waals surface area (Å²) in [7, 11) is -3.91. The Hall–Kier alpha value is -2.62. The number of carbonyl (C=O) groups excluding carboxylic acids is 3. The zero-order valence-corrected chi connectivity index (χ0v) is 23.2. The second-order valence-electron chi connectivity index (χ2n) is 8.63. The Labute approximate surface area is 222 Å². The van der Waals surface area contributed by atoms with Crippen molar-refractivity contribution in [2.24, 2.45) is 0 Å². The van der Waals surface area contributed by atoms with Gasteiger partial charge < -0.3 is 10.2 Å². The van der Waals surface area contributed by atoms with Crippen LogP contribution in [0.3, 0.4) is 0 Å². The molecule has 0 bridgehead atoms. The zero-order chi connectivity index (χ0) is 27.2. The minimum atomic E-state index is -3.91. The number of carbonyl (C=O) groups is 3. The summed E-state index contributed by atoms with van der Waals surface area (Å²) < 4.78 is 26.2. The molecule has 0 aliphatic rings. The van der Waals surface area contributed by atoms with E-state index in [-0.39, 0.29) is 30.0 Å². The molecule has 36 heavy (non-hydrogen) atoms. The van der Waals surface area contributed by atoms with Crippen molar-refractivity contribution in [1.29, 1.82) is 0 Å². The van der Waals surface area contributed by atoms with Gasteiger partial charge in [-0.1, -0.05) is 48.3 Å². The van der Waals surface area contributed by atoms with Crippen molar-refractivity contribution in [3.63, 3.8) is 0 Å². The van der Waals surface area contributed by atoms with Gasteiger partial charge in [-0.2, -0.15) is 0 Å². The number of benzene rings is 2. The third-order valence-electron chi connectivity index (χ3n) is 5.74. The molecule has 2 rings (SSSR count). The predicted molar refractivity (Wildman–Crippen MR) is 143 cm³/mol. The first-order valence-electron chi connectivity index (χ1n) is 11.4. The molecule has 0 spiro atoms. The van der Waals surface area contributed by atoms with Crippen molar-refractivity contribution < 1.29 is 22.8 Å². The molecule has 2 aromatic carbocycles. The summed E-state index contributed by atoms with van der Waals surface area (Å²) in [5.74, 6) is -1.25. The number of hydrogen-bond acceptors (Lipinski definition) is 5. The summed E-state index contributed by atoms with van der Waals surface area (Å²) in [6, 6.07) is 9.77. The molecule has 0 aliphatic heterocycles.